The zero-order valence-corrected chi connectivity index (χ0v) is 11.1. The predicted octanol–water partition coefficient (Wildman–Crippen LogP) is 2.27. The highest BCUT2D eigenvalue weighted by Crippen LogP contribution is 2.30. The molecule has 0 saturated heterocycles. The maximum absolute atomic E-state index is 11.7. The second-order valence-corrected chi connectivity index (χ2v) is 5.02. The second-order valence-electron chi connectivity index (χ2n) is 5.02. The number of hydrogen-bond donors (Lipinski definition) is 1. The van der Waals surface area contributed by atoms with Gasteiger partial charge in [-0.05, 0) is 29.2 Å². The lowest BCUT2D eigenvalue weighted by atomic mass is 9.92. The Morgan fingerprint density at radius 1 is 1.30 bits per heavy atom. The maximum Gasteiger partial charge on any atom is 0.325 e. The lowest BCUT2D eigenvalue weighted by Crippen LogP contribution is -2.39. The molecule has 20 heavy (non-hydrogen) atoms. The maximum atomic E-state index is 11.7. The molecule has 2 heterocycles. The molecule has 0 spiro atoms. The number of aliphatic carboxylic acids is 1. The van der Waals surface area contributed by atoms with Crippen LogP contribution in [0.1, 0.15) is 22.7 Å². The fourth-order valence-electron chi connectivity index (χ4n) is 2.80. The number of aromatic nitrogens is 1. The van der Waals surface area contributed by atoms with Crippen molar-refractivity contribution < 1.29 is 9.90 Å². The van der Waals surface area contributed by atoms with Gasteiger partial charge in [0, 0.05) is 25.5 Å². The summed E-state index contributed by atoms with van der Waals surface area (Å²) >= 11 is 0. The fourth-order valence-corrected chi connectivity index (χ4v) is 2.80. The molecule has 102 valence electrons. The van der Waals surface area contributed by atoms with E-state index in [1.165, 1.54) is 0 Å². The van der Waals surface area contributed by atoms with Crippen molar-refractivity contribution in [2.75, 3.05) is 6.54 Å². The van der Waals surface area contributed by atoms with Gasteiger partial charge in [-0.3, -0.25) is 14.7 Å². The Kier molecular flexibility index (Phi) is 3.48. The molecular weight excluding hydrogens is 252 g/mol. The number of benzene rings is 1. The molecular formula is C16H16N2O2. The summed E-state index contributed by atoms with van der Waals surface area (Å²) in [4.78, 5) is 17.8. The molecule has 0 aliphatic carbocycles. The van der Waals surface area contributed by atoms with Gasteiger partial charge in [-0.1, -0.05) is 30.3 Å². The fraction of sp³-hybridized carbons (Fsp3) is 0.250. The zero-order chi connectivity index (χ0) is 13.9. The van der Waals surface area contributed by atoms with Crippen LogP contribution in [0.2, 0.25) is 0 Å². The second kappa shape index (κ2) is 5.43. The van der Waals surface area contributed by atoms with Crippen LogP contribution in [-0.2, 0) is 17.8 Å². The molecule has 1 N–H and O–H groups in total. The van der Waals surface area contributed by atoms with Crippen molar-refractivity contribution in [3.63, 3.8) is 0 Å². The van der Waals surface area contributed by atoms with Crippen molar-refractivity contribution in [2.45, 2.75) is 19.0 Å². The number of carboxylic acid groups (broad SMARTS) is 1. The number of hydrogen-bond acceptors (Lipinski definition) is 3. The van der Waals surface area contributed by atoms with Crippen LogP contribution in [0.4, 0.5) is 0 Å². The number of carboxylic acids is 1. The first-order chi connectivity index (χ1) is 9.75. The molecule has 1 atom stereocenters. The third kappa shape index (κ3) is 2.42. The highest BCUT2D eigenvalue weighted by Gasteiger charge is 2.32. The van der Waals surface area contributed by atoms with E-state index in [1.807, 2.05) is 41.3 Å². The quantitative estimate of drug-likeness (QED) is 0.927. The van der Waals surface area contributed by atoms with Gasteiger partial charge in [-0.25, -0.2) is 0 Å². The lowest BCUT2D eigenvalue weighted by molar-refractivity contribution is -0.144. The molecule has 4 heteroatoms. The number of rotatable bonds is 3. The third-order valence-corrected chi connectivity index (χ3v) is 3.73. The van der Waals surface area contributed by atoms with Crippen LogP contribution in [0.15, 0.2) is 48.8 Å². The van der Waals surface area contributed by atoms with Crippen molar-refractivity contribution in [1.82, 2.24) is 9.88 Å². The van der Waals surface area contributed by atoms with E-state index in [-0.39, 0.29) is 0 Å². The Morgan fingerprint density at radius 2 is 2.15 bits per heavy atom. The molecule has 1 unspecified atom stereocenters. The standard InChI is InChI=1S/C16H16N2O2/c19-16(20)15-14-6-2-1-5-13(14)7-9-18(15)11-12-4-3-8-17-10-12/h1-6,8,10,15H,7,9,11H2,(H,19,20). The van der Waals surface area contributed by atoms with E-state index in [1.54, 1.807) is 12.4 Å². The topological polar surface area (TPSA) is 53.4 Å². The first kappa shape index (κ1) is 12.8. The Hall–Kier alpha value is -2.20. The predicted molar refractivity (Wildman–Crippen MR) is 75.2 cm³/mol. The average molecular weight is 268 g/mol. The summed E-state index contributed by atoms with van der Waals surface area (Å²) in [5.74, 6) is -0.791. The molecule has 4 nitrogen and oxygen atoms in total. The minimum atomic E-state index is -0.791. The van der Waals surface area contributed by atoms with E-state index in [2.05, 4.69) is 4.98 Å². The van der Waals surface area contributed by atoms with Crippen molar-refractivity contribution in [3.05, 3.63) is 65.5 Å². The zero-order valence-electron chi connectivity index (χ0n) is 11.1. The number of pyridine rings is 1. The Balaban J connectivity index is 1.91. The molecule has 0 bridgehead atoms. The molecule has 1 aromatic carbocycles. The number of fused-ring (bicyclic) bond motifs is 1. The highest BCUT2D eigenvalue weighted by molar-refractivity contribution is 5.76. The molecule has 1 aliphatic heterocycles. The normalized spacial score (nSPS) is 18.5. The van der Waals surface area contributed by atoms with Crippen molar-refractivity contribution in [3.8, 4) is 0 Å². The van der Waals surface area contributed by atoms with E-state index < -0.39 is 12.0 Å². The van der Waals surface area contributed by atoms with Gasteiger partial charge in [0.25, 0.3) is 0 Å². The molecule has 2 aromatic rings. The van der Waals surface area contributed by atoms with Crippen molar-refractivity contribution in [2.24, 2.45) is 0 Å². The number of carbonyl (C=O) groups is 1. The van der Waals surface area contributed by atoms with E-state index in [9.17, 15) is 9.90 Å². The molecule has 3 rings (SSSR count). The van der Waals surface area contributed by atoms with Gasteiger partial charge in [0.15, 0.2) is 0 Å². The van der Waals surface area contributed by atoms with Crippen LogP contribution in [-0.4, -0.2) is 27.5 Å². The minimum Gasteiger partial charge on any atom is -0.480 e. The van der Waals surface area contributed by atoms with Crippen LogP contribution in [0.3, 0.4) is 0 Å². The SMILES string of the molecule is O=C(O)C1c2ccccc2CCN1Cc1cccnc1. The largest absolute Gasteiger partial charge is 0.480 e. The Bertz CT molecular complexity index is 613. The number of nitrogens with zero attached hydrogens (tertiary/aromatic N) is 2. The van der Waals surface area contributed by atoms with Crippen LogP contribution in [0.5, 0.6) is 0 Å². The van der Waals surface area contributed by atoms with E-state index in [4.69, 9.17) is 0 Å². The highest BCUT2D eigenvalue weighted by atomic mass is 16.4. The van der Waals surface area contributed by atoms with Crippen LogP contribution in [0.25, 0.3) is 0 Å². The average Bonchev–Trinajstić information content (AvgIpc) is 2.47. The van der Waals surface area contributed by atoms with E-state index in [0.717, 1.165) is 29.7 Å². The van der Waals surface area contributed by atoms with E-state index in [0.29, 0.717) is 6.54 Å². The summed E-state index contributed by atoms with van der Waals surface area (Å²) in [5, 5.41) is 9.58. The van der Waals surface area contributed by atoms with Crippen LogP contribution >= 0.6 is 0 Å². The van der Waals surface area contributed by atoms with Crippen molar-refractivity contribution >= 4 is 5.97 Å². The monoisotopic (exact) mass is 268 g/mol. The third-order valence-electron chi connectivity index (χ3n) is 3.73. The molecule has 0 radical (unpaired) electrons. The van der Waals surface area contributed by atoms with Gasteiger partial charge in [-0.2, -0.15) is 0 Å². The summed E-state index contributed by atoms with van der Waals surface area (Å²) in [6.45, 7) is 1.36. The molecule has 0 fully saturated rings. The first-order valence-electron chi connectivity index (χ1n) is 6.69. The minimum absolute atomic E-state index is 0.569. The summed E-state index contributed by atoms with van der Waals surface area (Å²) in [7, 11) is 0. The summed E-state index contributed by atoms with van der Waals surface area (Å²) in [6, 6.07) is 11.1. The van der Waals surface area contributed by atoms with Crippen LogP contribution < -0.4 is 0 Å². The van der Waals surface area contributed by atoms with Gasteiger partial charge in [0.05, 0.1) is 0 Å². The molecule has 0 saturated carbocycles. The van der Waals surface area contributed by atoms with E-state index >= 15 is 0 Å². The summed E-state index contributed by atoms with van der Waals surface area (Å²) < 4.78 is 0. The van der Waals surface area contributed by atoms with Gasteiger partial charge in [0.1, 0.15) is 6.04 Å². The summed E-state index contributed by atoms with van der Waals surface area (Å²) in [5.41, 5.74) is 3.09. The first-order valence-corrected chi connectivity index (χ1v) is 6.69. The molecule has 1 aromatic heterocycles. The van der Waals surface area contributed by atoms with Gasteiger partial charge >= 0.3 is 5.97 Å². The lowest BCUT2D eigenvalue weighted by Gasteiger charge is -2.34. The Labute approximate surface area is 117 Å². The van der Waals surface area contributed by atoms with Gasteiger partial charge < -0.3 is 5.11 Å². The van der Waals surface area contributed by atoms with Gasteiger partial charge in [-0.15, -0.1) is 0 Å². The summed E-state index contributed by atoms with van der Waals surface area (Å²) in [6.07, 6.45) is 4.41. The molecule has 0 amide bonds. The molecule has 1 aliphatic rings. The van der Waals surface area contributed by atoms with Gasteiger partial charge in [0.2, 0.25) is 0 Å². The smallest absolute Gasteiger partial charge is 0.325 e. The van der Waals surface area contributed by atoms with Crippen LogP contribution in [0, 0.1) is 0 Å². The Morgan fingerprint density at radius 3 is 2.90 bits per heavy atom. The van der Waals surface area contributed by atoms with Crippen molar-refractivity contribution in [1.29, 1.82) is 0 Å².